The lowest BCUT2D eigenvalue weighted by Gasteiger charge is -2.31. The van der Waals surface area contributed by atoms with Crippen LogP contribution >= 0.6 is 11.6 Å². The van der Waals surface area contributed by atoms with Crippen LogP contribution in [-0.4, -0.2) is 28.2 Å². The molecule has 1 saturated heterocycles. The Morgan fingerprint density at radius 1 is 1.42 bits per heavy atom. The van der Waals surface area contributed by atoms with Crippen molar-refractivity contribution in [1.29, 1.82) is 0 Å². The molecule has 104 valence electrons. The summed E-state index contributed by atoms with van der Waals surface area (Å²) in [5, 5.41) is 10.8. The summed E-state index contributed by atoms with van der Waals surface area (Å²) in [6.07, 6.45) is 1.59. The molecule has 2 unspecified atom stereocenters. The summed E-state index contributed by atoms with van der Waals surface area (Å²) in [7, 11) is 0. The Hall–Kier alpha value is -1.40. The van der Waals surface area contributed by atoms with Crippen molar-refractivity contribution in [2.45, 2.75) is 45.0 Å². The topological polar surface area (TPSA) is 74.5 Å². The van der Waals surface area contributed by atoms with Crippen molar-refractivity contribution < 1.29 is 14.4 Å². The number of nitro groups is 1. The Balaban J connectivity index is 2.12. The molecule has 1 fully saturated rings. The van der Waals surface area contributed by atoms with Crippen LogP contribution in [0.25, 0.3) is 0 Å². The van der Waals surface area contributed by atoms with Crippen molar-refractivity contribution in [3.05, 3.63) is 27.4 Å². The maximum Gasteiger partial charge on any atom is 0.277 e. The van der Waals surface area contributed by atoms with Gasteiger partial charge in [-0.1, -0.05) is 11.6 Å². The molecule has 19 heavy (non-hydrogen) atoms. The van der Waals surface area contributed by atoms with Gasteiger partial charge in [-0.2, -0.15) is 0 Å². The fraction of sp³-hybridized carbons (Fsp3) is 0.583. The molecule has 0 amide bonds. The van der Waals surface area contributed by atoms with Crippen molar-refractivity contribution in [2.24, 2.45) is 0 Å². The van der Waals surface area contributed by atoms with Gasteiger partial charge in [0.15, 0.2) is 0 Å². The second-order valence-corrected chi connectivity index (χ2v) is 5.10. The first kappa shape index (κ1) is 14.0. The van der Waals surface area contributed by atoms with Gasteiger partial charge in [0, 0.05) is 12.8 Å². The molecule has 0 N–H and O–H groups in total. The van der Waals surface area contributed by atoms with Gasteiger partial charge >= 0.3 is 0 Å². The molecule has 6 nitrogen and oxygen atoms in total. The van der Waals surface area contributed by atoms with E-state index in [2.05, 4.69) is 4.98 Å². The van der Waals surface area contributed by atoms with E-state index in [0.29, 0.717) is 0 Å². The average molecular weight is 287 g/mol. The summed E-state index contributed by atoms with van der Waals surface area (Å²) in [5.74, 6) is 0.186. The number of rotatable bonds is 3. The second kappa shape index (κ2) is 5.71. The first-order valence-corrected chi connectivity index (χ1v) is 6.46. The molecule has 0 saturated carbocycles. The third kappa shape index (κ3) is 3.78. The molecule has 1 aliphatic rings. The molecule has 2 heterocycles. The number of hydrogen-bond donors (Lipinski definition) is 0. The molecule has 7 heteroatoms. The summed E-state index contributed by atoms with van der Waals surface area (Å²) in [5.41, 5.74) is -0.122. The van der Waals surface area contributed by atoms with E-state index in [1.165, 1.54) is 12.1 Å². The molecule has 0 spiro atoms. The van der Waals surface area contributed by atoms with Gasteiger partial charge in [0.1, 0.15) is 11.3 Å². The first-order valence-electron chi connectivity index (χ1n) is 6.08. The molecule has 0 bridgehead atoms. The third-order valence-electron chi connectivity index (χ3n) is 2.91. The third-order valence-corrected chi connectivity index (χ3v) is 3.10. The molecule has 0 radical (unpaired) electrons. The lowest BCUT2D eigenvalue weighted by atomic mass is 10.0. The Morgan fingerprint density at radius 2 is 2.05 bits per heavy atom. The lowest BCUT2D eigenvalue weighted by Crippen LogP contribution is -2.35. The van der Waals surface area contributed by atoms with E-state index >= 15 is 0 Å². The lowest BCUT2D eigenvalue weighted by molar-refractivity contribution is -0.385. The zero-order chi connectivity index (χ0) is 14.0. The van der Waals surface area contributed by atoms with Crippen LogP contribution in [0, 0.1) is 10.1 Å². The van der Waals surface area contributed by atoms with Crippen molar-refractivity contribution in [1.82, 2.24) is 4.98 Å². The van der Waals surface area contributed by atoms with Crippen molar-refractivity contribution >= 4 is 17.3 Å². The second-order valence-electron chi connectivity index (χ2n) is 4.71. The summed E-state index contributed by atoms with van der Waals surface area (Å²) in [6, 6.07) is 2.49. The highest BCUT2D eigenvalue weighted by atomic mass is 35.5. The first-order chi connectivity index (χ1) is 8.94. The van der Waals surface area contributed by atoms with Crippen LogP contribution < -0.4 is 4.74 Å². The minimum atomic E-state index is -0.518. The molecule has 2 rings (SSSR count). The molecule has 1 aromatic rings. The van der Waals surface area contributed by atoms with Crippen LogP contribution in [-0.2, 0) is 4.74 Å². The molecular weight excluding hydrogens is 272 g/mol. The van der Waals surface area contributed by atoms with E-state index in [4.69, 9.17) is 21.1 Å². The van der Waals surface area contributed by atoms with Gasteiger partial charge in [-0.3, -0.25) is 10.1 Å². The number of aromatic nitrogens is 1. The van der Waals surface area contributed by atoms with Crippen LogP contribution in [0.3, 0.4) is 0 Å². The summed E-state index contributed by atoms with van der Waals surface area (Å²) in [4.78, 5) is 14.2. The van der Waals surface area contributed by atoms with E-state index in [1.54, 1.807) is 0 Å². The molecule has 0 aromatic carbocycles. The molecular formula is C12H15ClN2O4. The largest absolute Gasteiger partial charge is 0.474 e. The Labute approximate surface area is 115 Å². The Morgan fingerprint density at radius 3 is 2.63 bits per heavy atom. The standard InChI is InChI=1S/C12H15ClN2O4/c1-7-3-10(4-8(2)18-7)19-12-6-9(15(16)17)5-11(13)14-12/h5-8,10H,3-4H2,1-2H3. The monoisotopic (exact) mass is 286 g/mol. The van der Waals surface area contributed by atoms with Gasteiger partial charge in [-0.25, -0.2) is 4.98 Å². The number of halogens is 1. The summed E-state index contributed by atoms with van der Waals surface area (Å²) < 4.78 is 11.3. The predicted molar refractivity (Wildman–Crippen MR) is 69.6 cm³/mol. The Kier molecular flexibility index (Phi) is 4.21. The van der Waals surface area contributed by atoms with E-state index in [9.17, 15) is 10.1 Å². The van der Waals surface area contributed by atoms with Gasteiger partial charge in [0.2, 0.25) is 5.88 Å². The number of pyridine rings is 1. The zero-order valence-corrected chi connectivity index (χ0v) is 11.5. The molecule has 2 atom stereocenters. The molecule has 1 aromatic heterocycles. The van der Waals surface area contributed by atoms with E-state index < -0.39 is 4.92 Å². The minimum absolute atomic E-state index is 0.0531. The number of nitrogens with zero attached hydrogens (tertiary/aromatic N) is 2. The van der Waals surface area contributed by atoms with Crippen LogP contribution in [0.1, 0.15) is 26.7 Å². The van der Waals surface area contributed by atoms with Gasteiger partial charge in [-0.15, -0.1) is 0 Å². The maximum absolute atomic E-state index is 10.7. The van der Waals surface area contributed by atoms with E-state index in [-0.39, 0.29) is 35.0 Å². The van der Waals surface area contributed by atoms with Crippen LogP contribution in [0.5, 0.6) is 5.88 Å². The highest BCUT2D eigenvalue weighted by Gasteiger charge is 2.26. The van der Waals surface area contributed by atoms with Gasteiger partial charge < -0.3 is 9.47 Å². The van der Waals surface area contributed by atoms with Crippen LogP contribution in [0.15, 0.2) is 12.1 Å². The maximum atomic E-state index is 10.7. The Bertz CT molecular complexity index is 473. The summed E-state index contributed by atoms with van der Waals surface area (Å²) >= 11 is 5.75. The van der Waals surface area contributed by atoms with Crippen LogP contribution in [0.2, 0.25) is 5.15 Å². The fourth-order valence-corrected chi connectivity index (χ4v) is 2.43. The smallest absolute Gasteiger partial charge is 0.277 e. The van der Waals surface area contributed by atoms with Crippen molar-refractivity contribution in [2.75, 3.05) is 0 Å². The zero-order valence-electron chi connectivity index (χ0n) is 10.7. The van der Waals surface area contributed by atoms with Gasteiger partial charge in [-0.05, 0) is 13.8 Å². The van der Waals surface area contributed by atoms with Gasteiger partial charge in [0.25, 0.3) is 5.69 Å². The van der Waals surface area contributed by atoms with Crippen molar-refractivity contribution in [3.63, 3.8) is 0 Å². The van der Waals surface area contributed by atoms with E-state index in [0.717, 1.165) is 12.8 Å². The quantitative estimate of drug-likeness (QED) is 0.485. The molecule has 1 aliphatic heterocycles. The number of ether oxygens (including phenoxy) is 2. The highest BCUT2D eigenvalue weighted by Crippen LogP contribution is 2.27. The SMILES string of the molecule is CC1CC(Oc2cc([N+](=O)[O-])cc(Cl)n2)CC(C)O1. The normalized spacial score (nSPS) is 27.0. The van der Waals surface area contributed by atoms with E-state index in [1.807, 2.05) is 13.8 Å². The van der Waals surface area contributed by atoms with Crippen LogP contribution in [0.4, 0.5) is 5.69 Å². The fourth-order valence-electron chi connectivity index (χ4n) is 2.24. The summed E-state index contributed by atoms with van der Waals surface area (Å²) in [6.45, 7) is 3.94. The number of hydrogen-bond acceptors (Lipinski definition) is 5. The minimum Gasteiger partial charge on any atom is -0.474 e. The highest BCUT2D eigenvalue weighted by molar-refractivity contribution is 6.29. The van der Waals surface area contributed by atoms with Crippen molar-refractivity contribution in [3.8, 4) is 5.88 Å². The predicted octanol–water partition coefficient (Wildman–Crippen LogP) is 2.98. The van der Waals surface area contributed by atoms with Gasteiger partial charge in [0.05, 0.1) is 29.3 Å². The average Bonchev–Trinajstić information content (AvgIpc) is 2.26. The molecule has 0 aliphatic carbocycles.